The average Bonchev–Trinajstić information content (AvgIpc) is 2.29. The number of morpholine rings is 1. The largest absolute Gasteiger partial charge is 0.378 e. The summed E-state index contributed by atoms with van der Waals surface area (Å²) in [6.07, 6.45) is 0. The molecule has 1 aromatic heterocycles. The predicted octanol–water partition coefficient (Wildman–Crippen LogP) is 2.35. The van der Waals surface area contributed by atoms with Gasteiger partial charge in [-0.2, -0.15) is 0 Å². The quantitative estimate of drug-likeness (QED) is 0.765. The van der Waals surface area contributed by atoms with Crippen molar-refractivity contribution in [3.05, 3.63) is 23.4 Å². The highest BCUT2D eigenvalue weighted by Crippen LogP contribution is 2.26. The van der Waals surface area contributed by atoms with Gasteiger partial charge in [-0.15, -0.1) is 0 Å². The molecule has 0 bridgehead atoms. The third kappa shape index (κ3) is 2.35. The highest BCUT2D eigenvalue weighted by Gasteiger charge is 2.17. The first-order valence-corrected chi connectivity index (χ1v) is 5.98. The summed E-state index contributed by atoms with van der Waals surface area (Å²) in [7, 11) is 0. The molecule has 0 atom stereocenters. The fourth-order valence-electron chi connectivity index (χ4n) is 2.03. The molecule has 2 heterocycles. The maximum atomic E-state index is 5.38. The summed E-state index contributed by atoms with van der Waals surface area (Å²) in [5.74, 6) is 1.67. The normalized spacial score (nSPS) is 16.9. The Morgan fingerprint density at radius 2 is 1.94 bits per heavy atom. The van der Waals surface area contributed by atoms with Crippen LogP contribution in [0.1, 0.15) is 31.0 Å². The van der Waals surface area contributed by atoms with Crippen LogP contribution in [0.5, 0.6) is 0 Å². The van der Waals surface area contributed by atoms with E-state index in [9.17, 15) is 0 Å². The number of aromatic nitrogens is 1. The van der Waals surface area contributed by atoms with E-state index < -0.39 is 0 Å². The number of hydrogen-bond acceptors (Lipinski definition) is 3. The molecular weight excluding hydrogens is 200 g/mol. The molecule has 3 nitrogen and oxygen atoms in total. The SMILES string of the molecule is Cc1ccc(C(C)C)c(N2CCOCC2)n1. The zero-order chi connectivity index (χ0) is 11.5. The molecule has 88 valence electrons. The molecule has 2 rings (SSSR count). The summed E-state index contributed by atoms with van der Waals surface area (Å²) < 4.78 is 5.38. The van der Waals surface area contributed by atoms with Crippen LogP contribution in [0.2, 0.25) is 0 Å². The van der Waals surface area contributed by atoms with Crippen LogP contribution in [0, 0.1) is 6.92 Å². The lowest BCUT2D eigenvalue weighted by Crippen LogP contribution is -2.37. The molecule has 1 fully saturated rings. The van der Waals surface area contributed by atoms with E-state index in [0.717, 1.165) is 37.8 Å². The lowest BCUT2D eigenvalue weighted by atomic mass is 10.0. The van der Waals surface area contributed by atoms with Crippen LogP contribution in [0.4, 0.5) is 5.82 Å². The number of aryl methyl sites for hydroxylation is 1. The van der Waals surface area contributed by atoms with Crippen molar-refractivity contribution in [2.45, 2.75) is 26.7 Å². The van der Waals surface area contributed by atoms with E-state index in [1.54, 1.807) is 0 Å². The average molecular weight is 220 g/mol. The zero-order valence-electron chi connectivity index (χ0n) is 10.4. The zero-order valence-corrected chi connectivity index (χ0v) is 10.4. The van der Waals surface area contributed by atoms with Crippen LogP contribution in [0.25, 0.3) is 0 Å². The van der Waals surface area contributed by atoms with Crippen LogP contribution < -0.4 is 4.90 Å². The monoisotopic (exact) mass is 220 g/mol. The van der Waals surface area contributed by atoms with Gasteiger partial charge in [0, 0.05) is 18.8 Å². The van der Waals surface area contributed by atoms with Crippen molar-refractivity contribution < 1.29 is 4.74 Å². The first-order chi connectivity index (χ1) is 7.68. The van der Waals surface area contributed by atoms with E-state index in [-0.39, 0.29) is 0 Å². The van der Waals surface area contributed by atoms with Gasteiger partial charge in [0.15, 0.2) is 0 Å². The van der Waals surface area contributed by atoms with E-state index in [4.69, 9.17) is 4.74 Å². The Hall–Kier alpha value is -1.09. The van der Waals surface area contributed by atoms with Gasteiger partial charge in [0.05, 0.1) is 13.2 Å². The minimum absolute atomic E-state index is 0.519. The molecule has 0 saturated carbocycles. The van der Waals surface area contributed by atoms with Gasteiger partial charge < -0.3 is 9.64 Å². The number of rotatable bonds is 2. The fraction of sp³-hybridized carbons (Fsp3) is 0.615. The molecule has 1 aromatic rings. The molecule has 1 saturated heterocycles. The van der Waals surface area contributed by atoms with Gasteiger partial charge >= 0.3 is 0 Å². The fourth-order valence-corrected chi connectivity index (χ4v) is 2.03. The number of ether oxygens (including phenoxy) is 1. The van der Waals surface area contributed by atoms with Gasteiger partial charge in [-0.25, -0.2) is 4.98 Å². The highest BCUT2D eigenvalue weighted by molar-refractivity contribution is 5.49. The molecule has 0 aromatic carbocycles. The van der Waals surface area contributed by atoms with E-state index in [1.807, 2.05) is 6.92 Å². The van der Waals surface area contributed by atoms with Crippen LogP contribution in [0.3, 0.4) is 0 Å². The molecule has 1 aliphatic heterocycles. The summed E-state index contributed by atoms with van der Waals surface area (Å²) in [5, 5.41) is 0. The van der Waals surface area contributed by atoms with Crippen molar-refractivity contribution in [3.8, 4) is 0 Å². The second kappa shape index (κ2) is 4.83. The van der Waals surface area contributed by atoms with Gasteiger partial charge in [0.25, 0.3) is 0 Å². The summed E-state index contributed by atoms with van der Waals surface area (Å²) in [4.78, 5) is 7.03. The Kier molecular flexibility index (Phi) is 3.44. The first-order valence-electron chi connectivity index (χ1n) is 5.98. The number of anilines is 1. The van der Waals surface area contributed by atoms with E-state index >= 15 is 0 Å². The smallest absolute Gasteiger partial charge is 0.132 e. The first kappa shape index (κ1) is 11.4. The van der Waals surface area contributed by atoms with Gasteiger partial charge in [0.1, 0.15) is 5.82 Å². The molecule has 1 aliphatic rings. The maximum absolute atomic E-state index is 5.38. The van der Waals surface area contributed by atoms with Crippen molar-refractivity contribution in [2.75, 3.05) is 31.2 Å². The van der Waals surface area contributed by atoms with E-state index in [0.29, 0.717) is 5.92 Å². The number of nitrogens with zero attached hydrogens (tertiary/aromatic N) is 2. The van der Waals surface area contributed by atoms with E-state index in [2.05, 4.69) is 35.9 Å². The van der Waals surface area contributed by atoms with Crippen LogP contribution in [-0.4, -0.2) is 31.3 Å². The lowest BCUT2D eigenvalue weighted by Gasteiger charge is -2.30. The van der Waals surface area contributed by atoms with Crippen LogP contribution in [0.15, 0.2) is 12.1 Å². The predicted molar refractivity (Wildman–Crippen MR) is 66.1 cm³/mol. The Morgan fingerprint density at radius 3 is 2.56 bits per heavy atom. The second-order valence-corrected chi connectivity index (χ2v) is 4.62. The highest BCUT2D eigenvalue weighted by atomic mass is 16.5. The standard InChI is InChI=1S/C13H20N2O/c1-10(2)12-5-4-11(3)14-13(12)15-6-8-16-9-7-15/h4-5,10H,6-9H2,1-3H3. The van der Waals surface area contributed by atoms with Crippen molar-refractivity contribution in [2.24, 2.45) is 0 Å². The third-order valence-electron chi connectivity index (χ3n) is 2.98. The maximum Gasteiger partial charge on any atom is 0.132 e. The van der Waals surface area contributed by atoms with E-state index in [1.165, 1.54) is 5.56 Å². The Balaban J connectivity index is 2.32. The van der Waals surface area contributed by atoms with Crippen molar-refractivity contribution in [3.63, 3.8) is 0 Å². The number of hydrogen-bond donors (Lipinski definition) is 0. The van der Waals surface area contributed by atoms with Crippen molar-refractivity contribution in [1.82, 2.24) is 4.98 Å². The molecule has 0 spiro atoms. The van der Waals surface area contributed by atoms with Crippen molar-refractivity contribution in [1.29, 1.82) is 0 Å². The van der Waals surface area contributed by atoms with Gasteiger partial charge in [-0.1, -0.05) is 19.9 Å². The summed E-state index contributed by atoms with van der Waals surface area (Å²) >= 11 is 0. The molecule has 0 radical (unpaired) electrons. The lowest BCUT2D eigenvalue weighted by molar-refractivity contribution is 0.122. The van der Waals surface area contributed by atoms with Gasteiger partial charge in [-0.05, 0) is 24.5 Å². The third-order valence-corrected chi connectivity index (χ3v) is 2.98. The summed E-state index contributed by atoms with van der Waals surface area (Å²) in [6, 6.07) is 4.30. The number of pyridine rings is 1. The summed E-state index contributed by atoms with van der Waals surface area (Å²) in [6.45, 7) is 10.0. The molecule has 0 N–H and O–H groups in total. The molecular formula is C13H20N2O. The molecule has 0 amide bonds. The second-order valence-electron chi connectivity index (χ2n) is 4.62. The Bertz CT molecular complexity index is 357. The van der Waals surface area contributed by atoms with Crippen LogP contribution in [-0.2, 0) is 4.74 Å². The topological polar surface area (TPSA) is 25.4 Å². The molecule has 0 aliphatic carbocycles. The van der Waals surface area contributed by atoms with Gasteiger partial charge in [0.2, 0.25) is 0 Å². The molecule has 16 heavy (non-hydrogen) atoms. The molecule has 0 unspecified atom stereocenters. The summed E-state index contributed by atoms with van der Waals surface area (Å²) in [5.41, 5.74) is 2.43. The Labute approximate surface area is 97.4 Å². The Morgan fingerprint density at radius 1 is 1.25 bits per heavy atom. The van der Waals surface area contributed by atoms with Crippen molar-refractivity contribution >= 4 is 5.82 Å². The molecule has 3 heteroatoms. The minimum Gasteiger partial charge on any atom is -0.378 e. The minimum atomic E-state index is 0.519. The van der Waals surface area contributed by atoms with Gasteiger partial charge in [-0.3, -0.25) is 0 Å². The van der Waals surface area contributed by atoms with Crippen LogP contribution >= 0.6 is 0 Å².